The second-order valence-corrected chi connectivity index (χ2v) is 5.91. The second-order valence-electron chi connectivity index (χ2n) is 5.91. The molecule has 0 fully saturated rings. The van der Waals surface area contributed by atoms with Gasteiger partial charge in [-0.05, 0) is 30.4 Å². The van der Waals surface area contributed by atoms with Gasteiger partial charge in [0.15, 0.2) is 0 Å². The zero-order valence-electron chi connectivity index (χ0n) is 13.3. The van der Waals surface area contributed by atoms with E-state index in [-0.39, 0.29) is 23.9 Å². The molecule has 1 aliphatic carbocycles. The van der Waals surface area contributed by atoms with Crippen LogP contribution in [0.4, 0.5) is 20.7 Å². The van der Waals surface area contributed by atoms with Gasteiger partial charge in [0.05, 0.1) is 6.04 Å². The number of hydrogen-bond donors (Lipinski definition) is 2. The Bertz CT molecular complexity index is 768. The molecule has 0 bridgehead atoms. The molecule has 1 amide bonds. The first-order valence-corrected chi connectivity index (χ1v) is 7.58. The van der Waals surface area contributed by atoms with Crippen LogP contribution < -0.4 is 10.6 Å². The van der Waals surface area contributed by atoms with Crippen LogP contribution in [0.5, 0.6) is 0 Å². The third-order valence-corrected chi connectivity index (χ3v) is 4.07. The summed E-state index contributed by atoms with van der Waals surface area (Å²) >= 11 is 0. The highest BCUT2D eigenvalue weighted by molar-refractivity contribution is 5.67. The number of hydrogen-bond acceptors (Lipinski definition) is 5. The van der Waals surface area contributed by atoms with Crippen LogP contribution in [0.3, 0.4) is 0 Å². The van der Waals surface area contributed by atoms with Crippen molar-refractivity contribution in [3.63, 3.8) is 0 Å². The lowest BCUT2D eigenvalue weighted by Gasteiger charge is -2.19. The van der Waals surface area contributed by atoms with Crippen LogP contribution in [0.15, 0.2) is 18.2 Å². The molecule has 3 rings (SSSR count). The Kier molecular flexibility index (Phi) is 4.37. The molecule has 24 heavy (non-hydrogen) atoms. The molecule has 0 saturated heterocycles. The number of carbonyl (C=O) groups is 1. The van der Waals surface area contributed by atoms with Crippen LogP contribution in [0, 0.1) is 12.8 Å². The van der Waals surface area contributed by atoms with Crippen LogP contribution >= 0.6 is 0 Å². The lowest BCUT2D eigenvalue weighted by molar-refractivity contribution is -0.105. The van der Waals surface area contributed by atoms with Crippen LogP contribution in [0.2, 0.25) is 0 Å². The van der Waals surface area contributed by atoms with E-state index >= 15 is 0 Å². The van der Waals surface area contributed by atoms with Gasteiger partial charge in [-0.3, -0.25) is 10.1 Å². The lowest BCUT2D eigenvalue weighted by Crippen LogP contribution is -2.18. The maximum Gasteiger partial charge on any atom is 0.297 e. The Morgan fingerprint density at radius 1 is 1.25 bits per heavy atom. The number of alkyl halides is 2. The summed E-state index contributed by atoms with van der Waals surface area (Å²) in [6.45, 7) is 4.08. The molecule has 0 saturated carbocycles. The van der Waals surface area contributed by atoms with Gasteiger partial charge in [-0.15, -0.1) is 0 Å². The van der Waals surface area contributed by atoms with Gasteiger partial charge in [-0.2, -0.15) is 15.0 Å². The van der Waals surface area contributed by atoms with Gasteiger partial charge in [-0.1, -0.05) is 30.7 Å². The largest absolute Gasteiger partial charge is 0.347 e. The van der Waals surface area contributed by atoms with E-state index in [9.17, 15) is 13.6 Å². The number of anilines is 2. The van der Waals surface area contributed by atoms with E-state index in [4.69, 9.17) is 0 Å². The Hall–Kier alpha value is -2.64. The van der Waals surface area contributed by atoms with E-state index in [1.54, 1.807) is 0 Å². The highest BCUT2D eigenvalue weighted by Gasteiger charge is 2.30. The highest BCUT2D eigenvalue weighted by Crippen LogP contribution is 2.38. The third kappa shape index (κ3) is 3.17. The maximum absolute atomic E-state index is 13.0. The number of amides is 1. The molecule has 0 radical (unpaired) electrons. The van der Waals surface area contributed by atoms with Crippen molar-refractivity contribution in [3.8, 4) is 0 Å². The second kappa shape index (κ2) is 6.46. The van der Waals surface area contributed by atoms with E-state index in [1.807, 2.05) is 6.92 Å². The van der Waals surface area contributed by atoms with Gasteiger partial charge in [0, 0.05) is 0 Å². The molecule has 6 nitrogen and oxygen atoms in total. The number of rotatable bonds is 5. The quantitative estimate of drug-likeness (QED) is 0.822. The van der Waals surface area contributed by atoms with Crippen molar-refractivity contribution in [3.05, 3.63) is 40.7 Å². The topological polar surface area (TPSA) is 79.8 Å². The molecule has 126 valence electrons. The number of halogens is 2. The van der Waals surface area contributed by atoms with Crippen molar-refractivity contribution >= 4 is 18.3 Å². The smallest absolute Gasteiger partial charge is 0.297 e. The molecule has 0 unspecified atom stereocenters. The SMILES string of the molecule is Cc1ccc2c(c1)[C@H](Nc1nc(NC=O)nc(C(F)F)n1)[C@@H](C)C2. The molecule has 8 heteroatoms. The number of carbonyl (C=O) groups excluding carboxylic acids is 1. The fourth-order valence-electron chi connectivity index (χ4n) is 2.99. The molecule has 2 aromatic rings. The minimum absolute atomic E-state index is 0.0239. The molecule has 2 N–H and O–H groups in total. The first-order chi connectivity index (χ1) is 11.5. The molecule has 2 atom stereocenters. The number of benzene rings is 1. The maximum atomic E-state index is 13.0. The van der Waals surface area contributed by atoms with E-state index < -0.39 is 12.2 Å². The van der Waals surface area contributed by atoms with Gasteiger partial charge >= 0.3 is 0 Å². The third-order valence-electron chi connectivity index (χ3n) is 4.07. The van der Waals surface area contributed by atoms with Gasteiger partial charge < -0.3 is 5.32 Å². The predicted octanol–water partition coefficient (Wildman–Crippen LogP) is 3.03. The fourth-order valence-corrected chi connectivity index (χ4v) is 2.99. The molecule has 0 spiro atoms. The summed E-state index contributed by atoms with van der Waals surface area (Å²) in [4.78, 5) is 21.8. The van der Waals surface area contributed by atoms with Gasteiger partial charge in [0.25, 0.3) is 6.43 Å². The standard InChI is InChI=1S/C16H17F2N5O/c1-8-3-4-10-6-9(2)12(11(10)5-8)20-16-22-14(13(17)18)21-15(23-16)19-7-24/h3-5,7,9,12-13H,6H2,1-2H3,(H2,19,20,21,22,23,24)/t9-,12+/m0/s1. The van der Waals surface area contributed by atoms with Crippen molar-refractivity contribution < 1.29 is 13.6 Å². The van der Waals surface area contributed by atoms with Crippen molar-refractivity contribution in [1.82, 2.24) is 15.0 Å². The lowest BCUT2D eigenvalue weighted by atomic mass is 10.0. The number of nitrogens with zero attached hydrogens (tertiary/aromatic N) is 3. The Morgan fingerprint density at radius 3 is 2.71 bits per heavy atom. The van der Waals surface area contributed by atoms with E-state index in [0.29, 0.717) is 6.41 Å². The Labute approximate surface area is 137 Å². The number of aromatic nitrogens is 3. The van der Waals surface area contributed by atoms with Crippen LogP contribution in [0.25, 0.3) is 0 Å². The highest BCUT2D eigenvalue weighted by atomic mass is 19.3. The van der Waals surface area contributed by atoms with Gasteiger partial charge in [-0.25, -0.2) is 8.78 Å². The molecule has 0 aliphatic heterocycles. The zero-order valence-corrected chi connectivity index (χ0v) is 13.3. The van der Waals surface area contributed by atoms with E-state index in [0.717, 1.165) is 17.5 Å². The Balaban J connectivity index is 1.93. The van der Waals surface area contributed by atoms with Crippen molar-refractivity contribution in [1.29, 1.82) is 0 Å². The fraction of sp³-hybridized carbons (Fsp3) is 0.375. The molecular formula is C16H17F2N5O. The number of aryl methyl sites for hydroxylation is 1. The minimum atomic E-state index is -2.85. The Morgan fingerprint density at radius 2 is 2.00 bits per heavy atom. The number of nitrogens with one attached hydrogen (secondary N) is 2. The van der Waals surface area contributed by atoms with E-state index in [2.05, 4.69) is 50.7 Å². The molecular weight excluding hydrogens is 316 g/mol. The molecule has 1 heterocycles. The van der Waals surface area contributed by atoms with Crippen LogP contribution in [-0.4, -0.2) is 21.4 Å². The summed E-state index contributed by atoms with van der Waals surface area (Å²) < 4.78 is 25.9. The molecule has 1 aromatic carbocycles. The summed E-state index contributed by atoms with van der Waals surface area (Å²) in [5.74, 6) is -0.591. The number of fused-ring (bicyclic) bond motifs is 1. The summed E-state index contributed by atoms with van der Waals surface area (Å²) in [5, 5.41) is 5.31. The van der Waals surface area contributed by atoms with Gasteiger partial charge in [0.1, 0.15) is 0 Å². The van der Waals surface area contributed by atoms with Crippen molar-refractivity contribution in [2.75, 3.05) is 10.6 Å². The average molecular weight is 333 g/mol. The van der Waals surface area contributed by atoms with E-state index in [1.165, 1.54) is 5.56 Å². The minimum Gasteiger partial charge on any atom is -0.347 e. The van der Waals surface area contributed by atoms with Crippen molar-refractivity contribution in [2.24, 2.45) is 5.92 Å². The predicted molar refractivity (Wildman–Crippen MR) is 84.9 cm³/mol. The van der Waals surface area contributed by atoms with Crippen LogP contribution in [0.1, 0.15) is 41.9 Å². The van der Waals surface area contributed by atoms with Crippen LogP contribution in [-0.2, 0) is 11.2 Å². The summed E-state index contributed by atoms with van der Waals surface area (Å²) in [7, 11) is 0. The molecule has 1 aromatic heterocycles. The van der Waals surface area contributed by atoms with Gasteiger partial charge in [0.2, 0.25) is 24.1 Å². The average Bonchev–Trinajstić information content (AvgIpc) is 2.83. The summed E-state index contributed by atoms with van der Waals surface area (Å²) in [6.07, 6.45) is -1.62. The first kappa shape index (κ1) is 16.2. The normalized spacial score (nSPS) is 19.2. The zero-order chi connectivity index (χ0) is 17.3. The van der Waals surface area contributed by atoms with Crippen molar-refractivity contribution in [2.45, 2.75) is 32.7 Å². The summed E-state index contributed by atoms with van der Waals surface area (Å²) in [6, 6.07) is 6.13. The molecule has 1 aliphatic rings. The summed E-state index contributed by atoms with van der Waals surface area (Å²) in [5.41, 5.74) is 3.47. The monoisotopic (exact) mass is 333 g/mol. The first-order valence-electron chi connectivity index (χ1n) is 7.58.